The average Bonchev–Trinajstić information content (AvgIpc) is 2.86. The van der Waals surface area contributed by atoms with Gasteiger partial charge in [0.05, 0.1) is 11.8 Å². The van der Waals surface area contributed by atoms with Crippen LogP contribution in [0.2, 0.25) is 0 Å². The molecule has 2 heterocycles. The second-order valence-corrected chi connectivity index (χ2v) is 5.96. The number of furan rings is 1. The maximum absolute atomic E-state index is 12.5. The first kappa shape index (κ1) is 15.2. The molecule has 0 aromatic carbocycles. The molecule has 0 saturated heterocycles. The van der Waals surface area contributed by atoms with Crippen LogP contribution in [-0.4, -0.2) is 29.5 Å². The van der Waals surface area contributed by atoms with Gasteiger partial charge in [-0.1, -0.05) is 0 Å². The minimum absolute atomic E-state index is 0.291. The van der Waals surface area contributed by atoms with E-state index in [9.17, 15) is 9.59 Å². The van der Waals surface area contributed by atoms with Crippen molar-refractivity contribution in [3.8, 4) is 0 Å². The molecule has 1 N–H and O–H groups in total. The Labute approximate surface area is 123 Å². The van der Waals surface area contributed by atoms with Crippen molar-refractivity contribution in [2.75, 3.05) is 7.05 Å². The van der Waals surface area contributed by atoms with Crippen molar-refractivity contribution in [1.29, 1.82) is 0 Å². The van der Waals surface area contributed by atoms with Gasteiger partial charge in [-0.25, -0.2) is 9.59 Å². The molecule has 0 fully saturated rings. The smallest absolute Gasteiger partial charge is 0.338 e. The number of carbonyl (C=O) groups is 2. The monoisotopic (exact) mass is 292 g/mol. The van der Waals surface area contributed by atoms with Crippen molar-refractivity contribution in [3.63, 3.8) is 0 Å². The Balaban J connectivity index is 2.44. The number of nitrogens with one attached hydrogen (secondary N) is 1. The number of carbonyl (C=O) groups excluding carboxylic acids is 2. The fraction of sp³-hybridized carbons (Fsp3) is 0.467. The molecule has 114 valence electrons. The zero-order valence-electron chi connectivity index (χ0n) is 12.9. The quantitative estimate of drug-likeness (QED) is 0.850. The molecule has 0 spiro atoms. The average molecular weight is 292 g/mol. The summed E-state index contributed by atoms with van der Waals surface area (Å²) >= 11 is 0. The molecule has 0 bridgehead atoms. The molecule has 1 aromatic heterocycles. The van der Waals surface area contributed by atoms with Crippen LogP contribution in [0.5, 0.6) is 0 Å². The van der Waals surface area contributed by atoms with E-state index in [1.54, 1.807) is 46.9 Å². The Morgan fingerprint density at radius 2 is 2.10 bits per heavy atom. The van der Waals surface area contributed by atoms with Crippen molar-refractivity contribution >= 4 is 12.0 Å². The van der Waals surface area contributed by atoms with Gasteiger partial charge < -0.3 is 19.4 Å². The number of rotatable bonds is 2. The van der Waals surface area contributed by atoms with Gasteiger partial charge in [0.15, 0.2) is 0 Å². The van der Waals surface area contributed by atoms with Crippen LogP contribution in [0.4, 0.5) is 4.79 Å². The second kappa shape index (κ2) is 5.27. The molecule has 6 nitrogen and oxygen atoms in total. The third kappa shape index (κ3) is 3.09. The molecule has 21 heavy (non-hydrogen) atoms. The van der Waals surface area contributed by atoms with E-state index in [2.05, 4.69) is 5.32 Å². The number of esters is 1. The predicted molar refractivity (Wildman–Crippen MR) is 76.3 cm³/mol. The van der Waals surface area contributed by atoms with Gasteiger partial charge in [-0.05, 0) is 39.8 Å². The van der Waals surface area contributed by atoms with E-state index in [0.29, 0.717) is 17.0 Å². The van der Waals surface area contributed by atoms with Crippen LogP contribution in [0, 0.1) is 0 Å². The van der Waals surface area contributed by atoms with Gasteiger partial charge in [0, 0.05) is 12.7 Å². The molecular formula is C15H20N2O4. The van der Waals surface area contributed by atoms with Gasteiger partial charge in [0.1, 0.15) is 17.4 Å². The summed E-state index contributed by atoms with van der Waals surface area (Å²) in [6.07, 6.45) is 1.50. The highest BCUT2D eigenvalue weighted by Gasteiger charge is 2.37. The van der Waals surface area contributed by atoms with Crippen LogP contribution in [0.15, 0.2) is 34.1 Å². The number of hydrogen-bond donors (Lipinski definition) is 1. The topological polar surface area (TPSA) is 71.8 Å². The Morgan fingerprint density at radius 3 is 2.62 bits per heavy atom. The molecule has 2 amide bonds. The van der Waals surface area contributed by atoms with Crippen molar-refractivity contribution in [3.05, 3.63) is 35.4 Å². The van der Waals surface area contributed by atoms with Gasteiger partial charge in [-0.2, -0.15) is 0 Å². The molecule has 1 aliphatic heterocycles. The van der Waals surface area contributed by atoms with E-state index in [4.69, 9.17) is 9.15 Å². The standard InChI is InChI=1S/C15H20N2O4/c1-9-11(13(18)21-15(2,3)4)12(10-7-6-8-20-10)16-14(19)17(9)5/h6-8,12H,1-5H3,(H,16,19). The number of nitrogens with zero attached hydrogens (tertiary/aromatic N) is 1. The first-order valence-corrected chi connectivity index (χ1v) is 6.72. The van der Waals surface area contributed by atoms with Gasteiger partial charge in [-0.15, -0.1) is 0 Å². The summed E-state index contributed by atoms with van der Waals surface area (Å²) < 4.78 is 10.8. The zero-order chi connectivity index (χ0) is 15.8. The van der Waals surface area contributed by atoms with Crippen LogP contribution in [0.3, 0.4) is 0 Å². The minimum atomic E-state index is -0.640. The largest absolute Gasteiger partial charge is 0.467 e. The van der Waals surface area contributed by atoms with Crippen LogP contribution in [0.1, 0.15) is 39.5 Å². The van der Waals surface area contributed by atoms with Crippen LogP contribution < -0.4 is 5.32 Å². The van der Waals surface area contributed by atoms with E-state index in [1.165, 1.54) is 11.2 Å². The molecule has 0 saturated carbocycles. The summed E-state index contributed by atoms with van der Waals surface area (Å²) in [5.74, 6) is 0.0323. The Bertz CT molecular complexity index is 581. The van der Waals surface area contributed by atoms with Crippen molar-refractivity contribution in [2.24, 2.45) is 0 Å². The summed E-state index contributed by atoms with van der Waals surface area (Å²) in [6, 6.07) is 2.50. The minimum Gasteiger partial charge on any atom is -0.467 e. The predicted octanol–water partition coefficient (Wildman–Crippen LogP) is 2.59. The molecule has 1 aromatic rings. The zero-order valence-corrected chi connectivity index (χ0v) is 12.9. The van der Waals surface area contributed by atoms with E-state index in [-0.39, 0.29) is 6.03 Å². The van der Waals surface area contributed by atoms with Gasteiger partial charge >= 0.3 is 12.0 Å². The van der Waals surface area contributed by atoms with Gasteiger partial charge in [-0.3, -0.25) is 0 Å². The van der Waals surface area contributed by atoms with Crippen LogP contribution in [-0.2, 0) is 9.53 Å². The van der Waals surface area contributed by atoms with Crippen molar-refractivity contribution < 1.29 is 18.7 Å². The Morgan fingerprint density at radius 1 is 1.43 bits per heavy atom. The molecule has 6 heteroatoms. The second-order valence-electron chi connectivity index (χ2n) is 5.96. The van der Waals surface area contributed by atoms with Crippen LogP contribution >= 0.6 is 0 Å². The normalized spacial score (nSPS) is 19.6. The Hall–Kier alpha value is -2.24. The third-order valence-corrected chi connectivity index (χ3v) is 3.20. The lowest BCUT2D eigenvalue weighted by molar-refractivity contribution is -0.150. The summed E-state index contributed by atoms with van der Waals surface area (Å²) in [6.45, 7) is 7.11. The molecule has 2 rings (SSSR count). The lowest BCUT2D eigenvalue weighted by atomic mass is 9.99. The highest BCUT2D eigenvalue weighted by atomic mass is 16.6. The molecular weight excluding hydrogens is 272 g/mol. The molecule has 1 unspecified atom stereocenters. The lowest BCUT2D eigenvalue weighted by Crippen LogP contribution is -2.46. The molecule has 0 radical (unpaired) electrons. The molecule has 0 aliphatic carbocycles. The fourth-order valence-electron chi connectivity index (χ4n) is 2.10. The highest BCUT2D eigenvalue weighted by molar-refractivity contribution is 5.95. The number of amides is 2. The first-order valence-electron chi connectivity index (χ1n) is 6.72. The maximum Gasteiger partial charge on any atom is 0.338 e. The number of allylic oxidation sites excluding steroid dienone is 1. The summed E-state index contributed by atoms with van der Waals surface area (Å²) in [7, 11) is 1.60. The first-order chi connectivity index (χ1) is 9.70. The summed E-state index contributed by atoms with van der Waals surface area (Å²) in [5, 5.41) is 2.75. The Kier molecular flexibility index (Phi) is 3.80. The SMILES string of the molecule is CC1=C(C(=O)OC(C)(C)C)C(c2ccco2)NC(=O)N1C. The third-order valence-electron chi connectivity index (χ3n) is 3.20. The van der Waals surface area contributed by atoms with E-state index >= 15 is 0 Å². The lowest BCUT2D eigenvalue weighted by Gasteiger charge is -2.33. The maximum atomic E-state index is 12.5. The fourth-order valence-corrected chi connectivity index (χ4v) is 2.10. The summed E-state index contributed by atoms with van der Waals surface area (Å²) in [5.41, 5.74) is 0.314. The van der Waals surface area contributed by atoms with Crippen LogP contribution in [0.25, 0.3) is 0 Å². The number of ether oxygens (including phenoxy) is 1. The number of hydrogen-bond acceptors (Lipinski definition) is 4. The van der Waals surface area contributed by atoms with E-state index < -0.39 is 17.6 Å². The number of urea groups is 1. The highest BCUT2D eigenvalue weighted by Crippen LogP contribution is 2.31. The van der Waals surface area contributed by atoms with Crippen molar-refractivity contribution in [1.82, 2.24) is 10.2 Å². The van der Waals surface area contributed by atoms with Crippen molar-refractivity contribution in [2.45, 2.75) is 39.3 Å². The molecule has 1 aliphatic rings. The summed E-state index contributed by atoms with van der Waals surface area (Å²) in [4.78, 5) is 25.8. The van der Waals surface area contributed by atoms with Gasteiger partial charge in [0.2, 0.25) is 0 Å². The van der Waals surface area contributed by atoms with E-state index in [1.807, 2.05) is 0 Å². The van der Waals surface area contributed by atoms with Gasteiger partial charge in [0.25, 0.3) is 0 Å². The van der Waals surface area contributed by atoms with E-state index in [0.717, 1.165) is 0 Å². The molecule has 1 atom stereocenters.